The first kappa shape index (κ1) is 12.9. The minimum absolute atomic E-state index is 0.101. The SMILES string of the molecule is Cc1ccc(C)c(NC(=O)OC2CCCCC2)c1. The van der Waals surface area contributed by atoms with E-state index in [0.29, 0.717) is 0 Å². The average Bonchev–Trinajstić information content (AvgIpc) is 2.35. The van der Waals surface area contributed by atoms with Gasteiger partial charge >= 0.3 is 6.09 Å². The summed E-state index contributed by atoms with van der Waals surface area (Å²) >= 11 is 0. The normalized spacial score (nSPS) is 16.3. The van der Waals surface area contributed by atoms with E-state index in [1.807, 2.05) is 32.0 Å². The van der Waals surface area contributed by atoms with Crippen LogP contribution in [0.15, 0.2) is 18.2 Å². The number of carbonyl (C=O) groups is 1. The number of benzene rings is 1. The lowest BCUT2D eigenvalue weighted by Crippen LogP contribution is -2.24. The van der Waals surface area contributed by atoms with Crippen molar-refractivity contribution >= 4 is 11.8 Å². The molecule has 0 radical (unpaired) electrons. The zero-order valence-electron chi connectivity index (χ0n) is 11.2. The molecule has 98 valence electrons. The molecular weight excluding hydrogens is 226 g/mol. The predicted octanol–water partition coefficient (Wildman–Crippen LogP) is 4.18. The van der Waals surface area contributed by atoms with Gasteiger partial charge in [0.2, 0.25) is 0 Å². The molecule has 1 aliphatic rings. The molecule has 0 bridgehead atoms. The average molecular weight is 247 g/mol. The Morgan fingerprint density at radius 2 is 1.94 bits per heavy atom. The van der Waals surface area contributed by atoms with Crippen molar-refractivity contribution < 1.29 is 9.53 Å². The third-order valence-electron chi connectivity index (χ3n) is 3.46. The van der Waals surface area contributed by atoms with Crippen molar-refractivity contribution in [1.29, 1.82) is 0 Å². The molecule has 1 N–H and O–H groups in total. The lowest BCUT2D eigenvalue weighted by atomic mass is 9.98. The Labute approximate surface area is 109 Å². The summed E-state index contributed by atoms with van der Waals surface area (Å²) in [5.74, 6) is 0. The van der Waals surface area contributed by atoms with Gasteiger partial charge in [-0.3, -0.25) is 5.32 Å². The van der Waals surface area contributed by atoms with Crippen LogP contribution >= 0.6 is 0 Å². The zero-order valence-corrected chi connectivity index (χ0v) is 11.2. The topological polar surface area (TPSA) is 38.3 Å². The Bertz CT molecular complexity index is 423. The molecule has 0 saturated heterocycles. The molecule has 0 spiro atoms. The van der Waals surface area contributed by atoms with Gasteiger partial charge in [0.1, 0.15) is 6.10 Å². The predicted molar refractivity (Wildman–Crippen MR) is 72.9 cm³/mol. The summed E-state index contributed by atoms with van der Waals surface area (Å²) in [4.78, 5) is 11.8. The maximum Gasteiger partial charge on any atom is 0.411 e. The Kier molecular flexibility index (Phi) is 4.24. The van der Waals surface area contributed by atoms with E-state index in [2.05, 4.69) is 5.32 Å². The van der Waals surface area contributed by atoms with E-state index in [1.165, 1.54) is 19.3 Å². The Balaban J connectivity index is 1.92. The number of carbonyl (C=O) groups excluding carboxylic acids is 1. The molecular formula is C15H21NO2. The lowest BCUT2D eigenvalue weighted by Gasteiger charge is -2.22. The third-order valence-corrected chi connectivity index (χ3v) is 3.46. The van der Waals surface area contributed by atoms with Gasteiger partial charge in [-0.05, 0) is 56.7 Å². The van der Waals surface area contributed by atoms with Gasteiger partial charge in [-0.1, -0.05) is 18.6 Å². The number of aryl methyl sites for hydroxylation is 2. The van der Waals surface area contributed by atoms with Crippen molar-refractivity contribution in [3.05, 3.63) is 29.3 Å². The van der Waals surface area contributed by atoms with Gasteiger partial charge in [-0.25, -0.2) is 4.79 Å². The van der Waals surface area contributed by atoms with Gasteiger partial charge in [0.25, 0.3) is 0 Å². The molecule has 0 unspecified atom stereocenters. The molecule has 18 heavy (non-hydrogen) atoms. The zero-order chi connectivity index (χ0) is 13.0. The number of hydrogen-bond donors (Lipinski definition) is 1. The Morgan fingerprint density at radius 1 is 1.22 bits per heavy atom. The van der Waals surface area contributed by atoms with Crippen molar-refractivity contribution in [1.82, 2.24) is 0 Å². The molecule has 1 fully saturated rings. The van der Waals surface area contributed by atoms with E-state index in [9.17, 15) is 4.79 Å². The van der Waals surface area contributed by atoms with Gasteiger partial charge in [0.15, 0.2) is 0 Å². The highest BCUT2D eigenvalue weighted by Crippen LogP contribution is 2.21. The maximum atomic E-state index is 11.8. The van der Waals surface area contributed by atoms with E-state index in [1.54, 1.807) is 0 Å². The van der Waals surface area contributed by atoms with Crippen LogP contribution in [-0.4, -0.2) is 12.2 Å². The Hall–Kier alpha value is -1.51. The highest BCUT2D eigenvalue weighted by Gasteiger charge is 2.17. The van der Waals surface area contributed by atoms with Crippen molar-refractivity contribution in [3.63, 3.8) is 0 Å². The number of ether oxygens (including phenoxy) is 1. The molecule has 2 rings (SSSR count). The molecule has 0 atom stereocenters. The number of nitrogens with one attached hydrogen (secondary N) is 1. The molecule has 1 aliphatic carbocycles. The molecule has 1 aromatic carbocycles. The minimum atomic E-state index is -0.324. The van der Waals surface area contributed by atoms with Crippen molar-refractivity contribution in [2.75, 3.05) is 5.32 Å². The first-order chi connectivity index (χ1) is 8.65. The molecule has 1 saturated carbocycles. The van der Waals surface area contributed by atoms with E-state index >= 15 is 0 Å². The quantitative estimate of drug-likeness (QED) is 0.851. The van der Waals surface area contributed by atoms with Crippen LogP contribution in [0.25, 0.3) is 0 Å². The minimum Gasteiger partial charge on any atom is -0.446 e. The van der Waals surface area contributed by atoms with Gasteiger partial charge in [0, 0.05) is 5.69 Å². The van der Waals surface area contributed by atoms with Crippen molar-refractivity contribution in [2.24, 2.45) is 0 Å². The van der Waals surface area contributed by atoms with E-state index in [4.69, 9.17) is 4.74 Å². The van der Waals surface area contributed by atoms with Crippen LogP contribution in [0.3, 0.4) is 0 Å². The summed E-state index contributed by atoms with van der Waals surface area (Å²) in [6.07, 6.45) is 5.38. The van der Waals surface area contributed by atoms with Crippen LogP contribution in [0.1, 0.15) is 43.2 Å². The van der Waals surface area contributed by atoms with Crippen molar-refractivity contribution in [3.8, 4) is 0 Å². The molecule has 0 aliphatic heterocycles. The lowest BCUT2D eigenvalue weighted by molar-refractivity contribution is 0.0865. The molecule has 1 amide bonds. The molecule has 3 heteroatoms. The monoisotopic (exact) mass is 247 g/mol. The Morgan fingerprint density at radius 3 is 2.67 bits per heavy atom. The number of anilines is 1. The van der Waals surface area contributed by atoms with Crippen LogP contribution in [0.5, 0.6) is 0 Å². The molecule has 3 nitrogen and oxygen atoms in total. The fourth-order valence-electron chi connectivity index (χ4n) is 2.34. The van der Waals surface area contributed by atoms with E-state index < -0.39 is 0 Å². The van der Waals surface area contributed by atoms with Crippen LogP contribution in [0, 0.1) is 13.8 Å². The summed E-state index contributed by atoms with van der Waals surface area (Å²) < 4.78 is 5.44. The summed E-state index contributed by atoms with van der Waals surface area (Å²) in [5, 5.41) is 2.84. The molecule has 1 aromatic rings. The second-order valence-electron chi connectivity index (χ2n) is 5.11. The third kappa shape index (κ3) is 3.49. The standard InChI is InChI=1S/C15H21NO2/c1-11-8-9-12(2)14(10-11)16-15(17)18-13-6-4-3-5-7-13/h8-10,13H,3-7H2,1-2H3,(H,16,17). The van der Waals surface area contributed by atoms with Gasteiger partial charge < -0.3 is 4.74 Å². The van der Waals surface area contributed by atoms with Gasteiger partial charge in [0.05, 0.1) is 0 Å². The summed E-state index contributed by atoms with van der Waals surface area (Å²) in [6.45, 7) is 3.99. The van der Waals surface area contributed by atoms with Crippen LogP contribution in [-0.2, 0) is 4.74 Å². The fraction of sp³-hybridized carbons (Fsp3) is 0.533. The highest BCUT2D eigenvalue weighted by atomic mass is 16.6. The van der Waals surface area contributed by atoms with Gasteiger partial charge in [-0.2, -0.15) is 0 Å². The van der Waals surface area contributed by atoms with E-state index in [-0.39, 0.29) is 12.2 Å². The fourth-order valence-corrected chi connectivity index (χ4v) is 2.34. The second-order valence-corrected chi connectivity index (χ2v) is 5.11. The van der Waals surface area contributed by atoms with Crippen molar-refractivity contribution in [2.45, 2.75) is 52.1 Å². The first-order valence-electron chi connectivity index (χ1n) is 6.70. The number of hydrogen-bond acceptors (Lipinski definition) is 2. The largest absolute Gasteiger partial charge is 0.446 e. The van der Waals surface area contributed by atoms with Crippen LogP contribution in [0.4, 0.5) is 10.5 Å². The summed E-state index contributed by atoms with van der Waals surface area (Å²) in [7, 11) is 0. The van der Waals surface area contributed by atoms with Gasteiger partial charge in [-0.15, -0.1) is 0 Å². The summed E-state index contributed by atoms with van der Waals surface area (Å²) in [5.41, 5.74) is 3.03. The van der Waals surface area contributed by atoms with E-state index in [0.717, 1.165) is 29.7 Å². The number of amides is 1. The van der Waals surface area contributed by atoms with Crippen LogP contribution < -0.4 is 5.32 Å². The first-order valence-corrected chi connectivity index (χ1v) is 6.70. The summed E-state index contributed by atoms with van der Waals surface area (Å²) in [6, 6.07) is 6.01. The molecule has 0 aromatic heterocycles. The maximum absolute atomic E-state index is 11.8. The number of rotatable bonds is 2. The highest BCUT2D eigenvalue weighted by molar-refractivity contribution is 5.85. The second kappa shape index (κ2) is 5.89. The molecule has 0 heterocycles. The smallest absolute Gasteiger partial charge is 0.411 e. The van der Waals surface area contributed by atoms with Crippen LogP contribution in [0.2, 0.25) is 0 Å².